The zero-order valence-corrected chi connectivity index (χ0v) is 12.0. The largest absolute Gasteiger partial charge is 0.369 e. The van der Waals surface area contributed by atoms with Gasteiger partial charge in [0.1, 0.15) is 0 Å². The van der Waals surface area contributed by atoms with E-state index >= 15 is 0 Å². The summed E-state index contributed by atoms with van der Waals surface area (Å²) in [4.78, 5) is 15.2. The van der Waals surface area contributed by atoms with Crippen molar-refractivity contribution in [3.63, 3.8) is 0 Å². The SMILES string of the molecule is C[C@@H]1CN(Cc2cnn(-c3ccccc3)n2)C[C@H]1C(N)=O. The van der Waals surface area contributed by atoms with Crippen LogP contribution in [0.15, 0.2) is 36.5 Å². The van der Waals surface area contributed by atoms with Gasteiger partial charge in [0.25, 0.3) is 0 Å². The molecular weight excluding hydrogens is 266 g/mol. The van der Waals surface area contributed by atoms with Gasteiger partial charge in [-0.25, -0.2) is 0 Å². The Morgan fingerprint density at radius 1 is 1.33 bits per heavy atom. The summed E-state index contributed by atoms with van der Waals surface area (Å²) < 4.78 is 0. The molecule has 0 saturated carbocycles. The molecule has 6 heteroatoms. The number of aromatic nitrogens is 3. The van der Waals surface area contributed by atoms with Crippen molar-refractivity contribution in [3.8, 4) is 5.69 Å². The van der Waals surface area contributed by atoms with Crippen LogP contribution >= 0.6 is 0 Å². The summed E-state index contributed by atoms with van der Waals surface area (Å²) in [7, 11) is 0. The Labute approximate surface area is 123 Å². The van der Waals surface area contributed by atoms with Gasteiger partial charge < -0.3 is 5.73 Å². The van der Waals surface area contributed by atoms with Gasteiger partial charge in [-0.1, -0.05) is 25.1 Å². The summed E-state index contributed by atoms with van der Waals surface area (Å²) in [6.07, 6.45) is 1.77. The summed E-state index contributed by atoms with van der Waals surface area (Å²) >= 11 is 0. The Balaban J connectivity index is 1.67. The zero-order chi connectivity index (χ0) is 14.8. The van der Waals surface area contributed by atoms with E-state index in [1.165, 1.54) is 0 Å². The molecule has 1 aromatic carbocycles. The maximum Gasteiger partial charge on any atom is 0.222 e. The average molecular weight is 285 g/mol. The Morgan fingerprint density at radius 3 is 2.76 bits per heavy atom. The lowest BCUT2D eigenvalue weighted by atomic mass is 9.98. The molecule has 110 valence electrons. The molecule has 1 aliphatic heterocycles. The summed E-state index contributed by atoms with van der Waals surface area (Å²) in [5.41, 5.74) is 7.26. The first kappa shape index (κ1) is 13.8. The number of para-hydroxylation sites is 1. The number of carbonyl (C=O) groups excluding carboxylic acids is 1. The maximum absolute atomic E-state index is 11.4. The number of nitrogens with zero attached hydrogens (tertiary/aromatic N) is 4. The minimum atomic E-state index is -0.210. The molecule has 6 nitrogen and oxygen atoms in total. The summed E-state index contributed by atoms with van der Waals surface area (Å²) in [5, 5.41) is 8.78. The van der Waals surface area contributed by atoms with E-state index in [1.54, 1.807) is 11.0 Å². The molecule has 0 unspecified atom stereocenters. The van der Waals surface area contributed by atoms with Crippen molar-refractivity contribution in [3.05, 3.63) is 42.2 Å². The monoisotopic (exact) mass is 285 g/mol. The highest BCUT2D eigenvalue weighted by molar-refractivity contribution is 5.77. The molecule has 1 fully saturated rings. The quantitative estimate of drug-likeness (QED) is 0.902. The van der Waals surface area contributed by atoms with Gasteiger partial charge in [-0.3, -0.25) is 9.69 Å². The van der Waals surface area contributed by atoms with E-state index in [4.69, 9.17) is 5.73 Å². The normalized spacial score (nSPS) is 22.5. The Bertz CT molecular complexity index is 624. The summed E-state index contributed by atoms with van der Waals surface area (Å²) in [5.74, 6) is 0.0266. The number of likely N-dealkylation sites (tertiary alicyclic amines) is 1. The van der Waals surface area contributed by atoms with Gasteiger partial charge in [0.2, 0.25) is 5.91 Å². The Kier molecular flexibility index (Phi) is 3.70. The molecule has 2 heterocycles. The van der Waals surface area contributed by atoms with Crippen molar-refractivity contribution in [1.29, 1.82) is 0 Å². The van der Waals surface area contributed by atoms with Crippen molar-refractivity contribution < 1.29 is 4.79 Å². The van der Waals surface area contributed by atoms with Gasteiger partial charge in [-0.15, -0.1) is 0 Å². The van der Waals surface area contributed by atoms with Crippen LogP contribution in [0.4, 0.5) is 0 Å². The molecule has 0 bridgehead atoms. The molecule has 2 aromatic rings. The number of rotatable bonds is 4. The molecule has 0 radical (unpaired) electrons. The zero-order valence-electron chi connectivity index (χ0n) is 12.0. The highest BCUT2D eigenvalue weighted by atomic mass is 16.1. The fourth-order valence-corrected chi connectivity index (χ4v) is 2.85. The fourth-order valence-electron chi connectivity index (χ4n) is 2.85. The lowest BCUT2D eigenvalue weighted by Gasteiger charge is -2.12. The van der Waals surface area contributed by atoms with E-state index in [0.29, 0.717) is 19.0 Å². The summed E-state index contributed by atoms with van der Waals surface area (Å²) in [6, 6.07) is 9.80. The lowest BCUT2D eigenvalue weighted by Crippen LogP contribution is -2.29. The van der Waals surface area contributed by atoms with Gasteiger partial charge in [0.05, 0.1) is 23.5 Å². The predicted octanol–water partition coefficient (Wildman–Crippen LogP) is 0.820. The van der Waals surface area contributed by atoms with E-state index in [2.05, 4.69) is 22.0 Å². The second-order valence-corrected chi connectivity index (χ2v) is 5.64. The topological polar surface area (TPSA) is 77.0 Å². The van der Waals surface area contributed by atoms with Crippen LogP contribution in [0.1, 0.15) is 12.6 Å². The van der Waals surface area contributed by atoms with Crippen molar-refractivity contribution in [2.24, 2.45) is 17.6 Å². The van der Waals surface area contributed by atoms with Gasteiger partial charge in [-0.2, -0.15) is 15.0 Å². The van der Waals surface area contributed by atoms with E-state index in [-0.39, 0.29) is 11.8 Å². The van der Waals surface area contributed by atoms with E-state index < -0.39 is 0 Å². The third kappa shape index (κ3) is 2.95. The van der Waals surface area contributed by atoms with Gasteiger partial charge in [-0.05, 0) is 18.1 Å². The highest BCUT2D eigenvalue weighted by Gasteiger charge is 2.33. The Morgan fingerprint density at radius 2 is 2.10 bits per heavy atom. The highest BCUT2D eigenvalue weighted by Crippen LogP contribution is 2.23. The molecule has 1 amide bonds. The second-order valence-electron chi connectivity index (χ2n) is 5.64. The van der Waals surface area contributed by atoms with Crippen LogP contribution in [-0.4, -0.2) is 38.9 Å². The van der Waals surface area contributed by atoms with Crippen LogP contribution in [0.25, 0.3) is 5.69 Å². The Hall–Kier alpha value is -2.21. The molecule has 1 aromatic heterocycles. The number of primary amides is 1. The van der Waals surface area contributed by atoms with E-state index in [0.717, 1.165) is 17.9 Å². The lowest BCUT2D eigenvalue weighted by molar-refractivity contribution is -0.122. The van der Waals surface area contributed by atoms with Crippen LogP contribution in [0.3, 0.4) is 0 Å². The van der Waals surface area contributed by atoms with Crippen molar-refractivity contribution in [2.45, 2.75) is 13.5 Å². The van der Waals surface area contributed by atoms with Crippen molar-refractivity contribution >= 4 is 5.91 Å². The molecule has 0 aliphatic carbocycles. The molecule has 1 saturated heterocycles. The smallest absolute Gasteiger partial charge is 0.222 e. The van der Waals surface area contributed by atoms with Crippen molar-refractivity contribution in [2.75, 3.05) is 13.1 Å². The van der Waals surface area contributed by atoms with Crippen LogP contribution in [0.5, 0.6) is 0 Å². The third-order valence-electron chi connectivity index (χ3n) is 3.97. The number of carbonyl (C=O) groups is 1. The number of benzene rings is 1. The molecule has 1 aliphatic rings. The van der Waals surface area contributed by atoms with Crippen LogP contribution in [0.2, 0.25) is 0 Å². The minimum Gasteiger partial charge on any atom is -0.369 e. The number of hydrogen-bond donors (Lipinski definition) is 1. The first-order valence-electron chi connectivity index (χ1n) is 7.12. The first-order chi connectivity index (χ1) is 10.1. The predicted molar refractivity (Wildman–Crippen MR) is 78.5 cm³/mol. The number of nitrogens with two attached hydrogens (primary N) is 1. The van der Waals surface area contributed by atoms with Crippen LogP contribution in [-0.2, 0) is 11.3 Å². The average Bonchev–Trinajstić information content (AvgIpc) is 3.07. The first-order valence-corrected chi connectivity index (χ1v) is 7.12. The minimum absolute atomic E-state index is 0.0610. The van der Waals surface area contributed by atoms with E-state index in [1.807, 2.05) is 30.3 Å². The molecule has 21 heavy (non-hydrogen) atoms. The molecule has 0 spiro atoms. The molecule has 2 atom stereocenters. The molecule has 2 N–H and O–H groups in total. The van der Waals surface area contributed by atoms with Crippen LogP contribution in [0, 0.1) is 11.8 Å². The van der Waals surface area contributed by atoms with Gasteiger partial charge in [0.15, 0.2) is 0 Å². The second kappa shape index (κ2) is 5.65. The van der Waals surface area contributed by atoms with Crippen molar-refractivity contribution in [1.82, 2.24) is 19.9 Å². The maximum atomic E-state index is 11.4. The fraction of sp³-hybridized carbons (Fsp3) is 0.400. The van der Waals surface area contributed by atoms with Gasteiger partial charge in [0, 0.05) is 19.6 Å². The number of amides is 1. The van der Waals surface area contributed by atoms with Crippen LogP contribution < -0.4 is 5.73 Å². The number of hydrogen-bond acceptors (Lipinski definition) is 4. The molecular formula is C15H19N5O. The molecule has 3 rings (SSSR count). The van der Waals surface area contributed by atoms with Gasteiger partial charge >= 0.3 is 0 Å². The third-order valence-corrected chi connectivity index (χ3v) is 3.97. The summed E-state index contributed by atoms with van der Waals surface area (Å²) in [6.45, 7) is 4.33. The van der Waals surface area contributed by atoms with E-state index in [9.17, 15) is 4.79 Å². The standard InChI is InChI=1S/C15H19N5O/c1-11-8-19(10-14(11)15(16)21)9-12-7-17-20(18-12)13-5-3-2-4-6-13/h2-7,11,14H,8-10H2,1H3,(H2,16,21)/t11-,14-/m1/s1.